The topological polar surface area (TPSA) is 24.9 Å². The van der Waals surface area contributed by atoms with Crippen LogP contribution in [0.2, 0.25) is 5.31 Å². The Morgan fingerprint density at radius 2 is 1.67 bits per heavy atom. The van der Waals surface area contributed by atoms with E-state index in [9.17, 15) is 0 Å². The summed E-state index contributed by atoms with van der Waals surface area (Å²) in [5, 5.41) is 0.0165. The van der Waals surface area contributed by atoms with E-state index in [0.717, 1.165) is 31.7 Å². The summed E-state index contributed by atoms with van der Waals surface area (Å²) in [5.41, 5.74) is 2.31. The van der Waals surface area contributed by atoms with E-state index in [1.807, 2.05) is 6.08 Å². The summed E-state index contributed by atoms with van der Waals surface area (Å²) < 4.78 is 11.6. The summed E-state index contributed by atoms with van der Waals surface area (Å²) in [6.07, 6.45) is 3.75. The molecule has 2 fully saturated rings. The lowest BCUT2D eigenvalue weighted by atomic mass is 9.45. The van der Waals surface area contributed by atoms with Gasteiger partial charge in [0.2, 0.25) is 0 Å². The molecule has 2 saturated heterocycles. The molecule has 3 rings (SSSR count). The van der Waals surface area contributed by atoms with Crippen LogP contribution in [0.4, 0.5) is 5.69 Å². The number of likely N-dealkylation sites (N-methyl/N-ethyl adjacent to an activating group) is 1. The molecule has 5 heteroatoms. The fourth-order valence-corrected chi connectivity index (χ4v) is 3.04. The van der Waals surface area contributed by atoms with E-state index in [4.69, 9.17) is 9.31 Å². The van der Waals surface area contributed by atoms with Gasteiger partial charge in [0, 0.05) is 37.2 Å². The molecule has 0 atom stereocenters. The van der Waals surface area contributed by atoms with Gasteiger partial charge in [-0.1, -0.05) is 26.0 Å². The van der Waals surface area contributed by atoms with Gasteiger partial charge < -0.3 is 19.1 Å². The quantitative estimate of drug-likeness (QED) is 0.624. The zero-order chi connectivity index (χ0) is 17.4. The van der Waals surface area contributed by atoms with Crippen LogP contribution in [0.25, 0.3) is 6.08 Å². The van der Waals surface area contributed by atoms with Crippen LogP contribution < -0.4 is 4.90 Å². The van der Waals surface area contributed by atoms with Gasteiger partial charge in [0.25, 0.3) is 0 Å². The minimum Gasteiger partial charge on any atom is -0.541 e. The number of nitrogens with zero attached hydrogens (tertiary/aromatic N) is 2. The first-order valence-corrected chi connectivity index (χ1v) is 8.83. The van der Waals surface area contributed by atoms with Gasteiger partial charge in [-0.05, 0) is 44.7 Å². The largest absolute Gasteiger partial charge is 0.541 e. The van der Waals surface area contributed by atoms with Crippen molar-refractivity contribution in [2.75, 3.05) is 38.1 Å². The molecule has 0 radical (unpaired) electrons. The number of benzene rings is 1. The van der Waals surface area contributed by atoms with Crippen LogP contribution in [-0.2, 0) is 9.31 Å². The maximum absolute atomic E-state index is 5.80. The molecule has 0 aliphatic carbocycles. The van der Waals surface area contributed by atoms with Crippen molar-refractivity contribution in [3.05, 3.63) is 36.1 Å². The van der Waals surface area contributed by atoms with E-state index in [0.29, 0.717) is 0 Å². The summed E-state index contributed by atoms with van der Waals surface area (Å²) in [6.45, 7) is 13.0. The summed E-state index contributed by atoms with van der Waals surface area (Å²) >= 11 is 0. The van der Waals surface area contributed by atoms with Gasteiger partial charge in [0.05, 0.1) is 11.9 Å². The van der Waals surface area contributed by atoms with Crippen LogP contribution in [0.1, 0.15) is 33.3 Å². The summed E-state index contributed by atoms with van der Waals surface area (Å²) in [4.78, 5) is 4.81. The highest BCUT2D eigenvalue weighted by atomic mass is 16.6. The highest BCUT2D eigenvalue weighted by molar-refractivity contribution is 6.52. The first-order chi connectivity index (χ1) is 11.3. The number of rotatable bonds is 4. The van der Waals surface area contributed by atoms with Gasteiger partial charge in [-0.2, -0.15) is 0 Å². The van der Waals surface area contributed by atoms with Gasteiger partial charge >= 0.3 is 7.12 Å². The molecule has 1 aromatic carbocycles. The Labute approximate surface area is 146 Å². The Morgan fingerprint density at radius 1 is 1.04 bits per heavy atom. The molecule has 2 aliphatic rings. The van der Waals surface area contributed by atoms with Gasteiger partial charge in [0.1, 0.15) is 0 Å². The molecular formula is C19H29BN2O2. The molecule has 0 spiro atoms. The van der Waals surface area contributed by atoms with Crippen molar-refractivity contribution < 1.29 is 9.31 Å². The van der Waals surface area contributed by atoms with E-state index < -0.39 is 0 Å². The van der Waals surface area contributed by atoms with Gasteiger partial charge in [-0.15, -0.1) is 0 Å². The Morgan fingerprint density at radius 3 is 2.21 bits per heavy atom. The first-order valence-electron chi connectivity index (χ1n) is 8.83. The molecule has 0 bridgehead atoms. The molecule has 0 N–H and O–H groups in total. The van der Waals surface area contributed by atoms with Crippen molar-refractivity contribution in [1.82, 2.24) is 4.90 Å². The smallest absolute Gasteiger partial charge is 0.534 e. The van der Waals surface area contributed by atoms with Gasteiger partial charge in [-0.3, -0.25) is 0 Å². The summed E-state index contributed by atoms with van der Waals surface area (Å²) in [5.74, 6) is 0. The molecule has 0 saturated carbocycles. The van der Waals surface area contributed by atoms with Crippen LogP contribution in [-0.4, -0.2) is 50.8 Å². The molecule has 1 aromatic rings. The lowest BCUT2D eigenvalue weighted by Gasteiger charge is -2.54. The number of hydrogen-bond acceptors (Lipinski definition) is 4. The van der Waals surface area contributed by atoms with E-state index in [1.54, 1.807) is 6.26 Å². The predicted molar refractivity (Wildman–Crippen MR) is 101 cm³/mol. The molecule has 0 unspecified atom stereocenters. The molecule has 0 aromatic heterocycles. The van der Waals surface area contributed by atoms with Gasteiger partial charge in [0.15, 0.2) is 0 Å². The second-order valence-corrected chi connectivity index (χ2v) is 8.00. The standard InChI is InChI=1S/C19H29BN2O2/c1-18(2)19(3,4)24-20(18)23-15-10-16-6-8-17(9-7-16)22-13-11-21(5)12-14-22/h6-10,15H,11-14H2,1-5H3/b15-10+. The Kier molecular flexibility index (Phi) is 4.67. The maximum Gasteiger partial charge on any atom is 0.534 e. The molecule has 0 amide bonds. The van der Waals surface area contributed by atoms with E-state index in [-0.39, 0.29) is 18.0 Å². The predicted octanol–water partition coefficient (Wildman–Crippen LogP) is 3.50. The Balaban J connectivity index is 1.53. The molecule has 130 valence electrons. The second kappa shape index (κ2) is 6.45. The summed E-state index contributed by atoms with van der Waals surface area (Å²) in [6, 6.07) is 8.67. The third-order valence-electron chi connectivity index (χ3n) is 5.77. The third-order valence-corrected chi connectivity index (χ3v) is 5.77. The summed E-state index contributed by atoms with van der Waals surface area (Å²) in [7, 11) is 2.01. The minimum absolute atomic E-state index is 0.0165. The molecular weight excluding hydrogens is 299 g/mol. The maximum atomic E-state index is 5.80. The normalized spacial score (nSPS) is 23.4. The fourth-order valence-electron chi connectivity index (χ4n) is 3.04. The van der Waals surface area contributed by atoms with E-state index in [1.165, 1.54) is 5.69 Å². The average Bonchev–Trinajstić information content (AvgIpc) is 2.55. The van der Waals surface area contributed by atoms with Crippen LogP contribution in [0, 0.1) is 0 Å². The van der Waals surface area contributed by atoms with Gasteiger partial charge in [-0.25, -0.2) is 0 Å². The highest BCUT2D eigenvalue weighted by Gasteiger charge is 2.62. The van der Waals surface area contributed by atoms with Crippen LogP contribution in [0.3, 0.4) is 0 Å². The van der Waals surface area contributed by atoms with Crippen LogP contribution in [0.15, 0.2) is 30.5 Å². The zero-order valence-corrected chi connectivity index (χ0v) is 15.6. The van der Waals surface area contributed by atoms with Crippen molar-refractivity contribution >= 4 is 18.9 Å². The Bertz CT molecular complexity index is 590. The van der Waals surface area contributed by atoms with Crippen LogP contribution >= 0.6 is 0 Å². The fraction of sp³-hybridized carbons (Fsp3) is 0.579. The molecule has 24 heavy (non-hydrogen) atoms. The molecule has 2 aliphatic heterocycles. The van der Waals surface area contributed by atoms with Crippen molar-refractivity contribution in [3.8, 4) is 0 Å². The van der Waals surface area contributed by atoms with Crippen LogP contribution in [0.5, 0.6) is 0 Å². The zero-order valence-electron chi connectivity index (χ0n) is 15.6. The third kappa shape index (κ3) is 3.33. The lowest BCUT2D eigenvalue weighted by Crippen LogP contribution is -2.62. The molecule has 2 heterocycles. The Hall–Kier alpha value is -1.46. The van der Waals surface area contributed by atoms with Crippen molar-refractivity contribution in [2.24, 2.45) is 0 Å². The average molecular weight is 328 g/mol. The van der Waals surface area contributed by atoms with E-state index in [2.05, 4.69) is 68.8 Å². The van der Waals surface area contributed by atoms with E-state index >= 15 is 0 Å². The number of piperazine rings is 1. The molecule has 4 nitrogen and oxygen atoms in total. The van der Waals surface area contributed by atoms with Crippen molar-refractivity contribution in [3.63, 3.8) is 0 Å². The monoisotopic (exact) mass is 328 g/mol. The minimum atomic E-state index is -0.173. The first kappa shape index (κ1) is 17.4. The number of anilines is 1. The lowest BCUT2D eigenvalue weighted by molar-refractivity contribution is -0.0469. The van der Waals surface area contributed by atoms with Crippen molar-refractivity contribution in [2.45, 2.75) is 38.6 Å². The SMILES string of the molecule is CN1CCN(c2ccc(/C=C/OB3OC(C)(C)C3(C)C)cc2)CC1. The second-order valence-electron chi connectivity index (χ2n) is 8.00. The van der Waals surface area contributed by atoms with Crippen molar-refractivity contribution in [1.29, 1.82) is 0 Å². The number of hydrogen-bond donors (Lipinski definition) is 0. The highest BCUT2D eigenvalue weighted by Crippen LogP contribution is 2.53.